The van der Waals surface area contributed by atoms with Crippen LogP contribution in [0.3, 0.4) is 0 Å². The van der Waals surface area contributed by atoms with Gasteiger partial charge in [0.25, 0.3) is 5.91 Å². The molecule has 118 valence electrons. The minimum Gasteiger partial charge on any atom is -0.383 e. The van der Waals surface area contributed by atoms with Gasteiger partial charge in [-0.25, -0.2) is 13.1 Å². The van der Waals surface area contributed by atoms with E-state index in [9.17, 15) is 13.2 Å². The van der Waals surface area contributed by atoms with Crippen LogP contribution in [0.2, 0.25) is 0 Å². The Hall–Kier alpha value is -1.44. The van der Waals surface area contributed by atoms with Crippen LogP contribution >= 0.6 is 0 Å². The molecule has 1 unspecified atom stereocenters. The zero-order chi connectivity index (χ0) is 16.0. The summed E-state index contributed by atoms with van der Waals surface area (Å²) in [6.45, 7) is 5.96. The number of amides is 1. The van der Waals surface area contributed by atoms with Gasteiger partial charge in [0.1, 0.15) is 0 Å². The smallest absolute Gasteiger partial charge is 0.251 e. The summed E-state index contributed by atoms with van der Waals surface area (Å²) in [5.41, 5.74) is 1.06. The van der Waals surface area contributed by atoms with Gasteiger partial charge in [0.05, 0.1) is 11.5 Å². The normalized spacial score (nSPS) is 13.0. The first-order valence-electron chi connectivity index (χ1n) is 6.72. The maximum atomic E-state index is 12.2. The van der Waals surface area contributed by atoms with Crippen LogP contribution in [0.4, 0.5) is 0 Å². The molecular formula is C14H22N2O4S. The van der Waals surface area contributed by atoms with Crippen LogP contribution in [0, 0.1) is 6.92 Å². The van der Waals surface area contributed by atoms with Gasteiger partial charge in [-0.05, 0) is 31.5 Å². The number of methoxy groups -OCH3 is 1. The van der Waals surface area contributed by atoms with Crippen molar-refractivity contribution in [3.05, 3.63) is 29.3 Å². The molecule has 0 bridgehead atoms. The third-order valence-electron chi connectivity index (χ3n) is 2.89. The minimum absolute atomic E-state index is 0.0829. The summed E-state index contributed by atoms with van der Waals surface area (Å²) in [7, 11) is -2.02. The van der Waals surface area contributed by atoms with Crippen molar-refractivity contribution in [2.75, 3.05) is 20.3 Å². The Morgan fingerprint density at radius 2 is 2.05 bits per heavy atom. The van der Waals surface area contributed by atoms with Crippen molar-refractivity contribution >= 4 is 15.9 Å². The standard InChI is InChI=1S/C14H22N2O4S/c1-5-15-21(18,19)12-7-6-10(2)13(8-12)14(17)16-11(3)9-20-4/h6-8,11,15H,5,9H2,1-4H3,(H,16,17). The van der Waals surface area contributed by atoms with Crippen LogP contribution in [0.5, 0.6) is 0 Å². The van der Waals surface area contributed by atoms with Gasteiger partial charge in [-0.1, -0.05) is 13.0 Å². The minimum atomic E-state index is -3.58. The fraction of sp³-hybridized carbons (Fsp3) is 0.500. The van der Waals surface area contributed by atoms with E-state index in [-0.39, 0.29) is 16.8 Å². The third-order valence-corrected chi connectivity index (χ3v) is 4.44. The fourth-order valence-electron chi connectivity index (χ4n) is 1.88. The van der Waals surface area contributed by atoms with Gasteiger partial charge in [0, 0.05) is 25.3 Å². The molecule has 1 atom stereocenters. The van der Waals surface area contributed by atoms with E-state index >= 15 is 0 Å². The largest absolute Gasteiger partial charge is 0.383 e. The van der Waals surface area contributed by atoms with Crippen molar-refractivity contribution < 1.29 is 17.9 Å². The molecule has 0 fully saturated rings. The van der Waals surface area contributed by atoms with E-state index in [2.05, 4.69) is 10.0 Å². The number of hydrogen-bond acceptors (Lipinski definition) is 4. The highest BCUT2D eigenvalue weighted by atomic mass is 32.2. The lowest BCUT2D eigenvalue weighted by Gasteiger charge is -2.15. The molecule has 0 aromatic heterocycles. The number of nitrogens with one attached hydrogen (secondary N) is 2. The zero-order valence-corrected chi connectivity index (χ0v) is 13.6. The van der Waals surface area contributed by atoms with Gasteiger partial charge < -0.3 is 10.1 Å². The molecule has 0 aliphatic carbocycles. The number of carbonyl (C=O) groups excluding carboxylic acids is 1. The Morgan fingerprint density at radius 1 is 1.38 bits per heavy atom. The maximum Gasteiger partial charge on any atom is 0.251 e. The average Bonchev–Trinajstić information content (AvgIpc) is 2.38. The molecule has 0 radical (unpaired) electrons. The van der Waals surface area contributed by atoms with E-state index in [4.69, 9.17) is 4.74 Å². The third kappa shape index (κ3) is 4.80. The first-order valence-corrected chi connectivity index (χ1v) is 8.20. The molecule has 7 heteroatoms. The summed E-state index contributed by atoms with van der Waals surface area (Å²) in [6.07, 6.45) is 0. The van der Waals surface area contributed by atoms with Gasteiger partial charge in [-0.3, -0.25) is 4.79 Å². The molecule has 0 saturated carbocycles. The summed E-state index contributed by atoms with van der Waals surface area (Å²) in [4.78, 5) is 12.3. The van der Waals surface area contributed by atoms with Crippen LogP contribution in [0.25, 0.3) is 0 Å². The topological polar surface area (TPSA) is 84.5 Å². The van der Waals surface area contributed by atoms with Crippen molar-refractivity contribution in [2.45, 2.75) is 31.7 Å². The number of ether oxygens (including phenoxy) is 1. The average molecular weight is 314 g/mol. The van der Waals surface area contributed by atoms with E-state index in [1.807, 2.05) is 6.92 Å². The Bertz CT molecular complexity index is 599. The molecule has 2 N–H and O–H groups in total. The molecular weight excluding hydrogens is 292 g/mol. The molecule has 1 rings (SSSR count). The van der Waals surface area contributed by atoms with Crippen molar-refractivity contribution in [3.8, 4) is 0 Å². The predicted molar refractivity (Wildman–Crippen MR) is 80.8 cm³/mol. The van der Waals surface area contributed by atoms with E-state index in [0.29, 0.717) is 24.3 Å². The molecule has 1 amide bonds. The fourth-order valence-corrected chi connectivity index (χ4v) is 2.95. The van der Waals surface area contributed by atoms with Gasteiger partial charge in [-0.15, -0.1) is 0 Å². The Kier molecular flexibility index (Phi) is 6.32. The number of benzene rings is 1. The summed E-state index contributed by atoms with van der Waals surface area (Å²) >= 11 is 0. The Morgan fingerprint density at radius 3 is 2.62 bits per heavy atom. The molecule has 1 aromatic rings. The second-order valence-corrected chi connectivity index (χ2v) is 6.57. The van der Waals surface area contributed by atoms with Crippen molar-refractivity contribution in [1.82, 2.24) is 10.0 Å². The van der Waals surface area contributed by atoms with Crippen molar-refractivity contribution in [1.29, 1.82) is 0 Å². The second kappa shape index (κ2) is 7.53. The van der Waals surface area contributed by atoms with E-state index in [1.165, 1.54) is 12.1 Å². The van der Waals surface area contributed by atoms with Crippen molar-refractivity contribution in [2.24, 2.45) is 0 Å². The molecule has 1 aromatic carbocycles. The highest BCUT2D eigenvalue weighted by molar-refractivity contribution is 7.89. The lowest BCUT2D eigenvalue weighted by atomic mass is 10.1. The number of aryl methyl sites for hydroxylation is 1. The molecule has 0 aliphatic rings. The second-order valence-electron chi connectivity index (χ2n) is 4.81. The van der Waals surface area contributed by atoms with Gasteiger partial charge in [0.15, 0.2) is 0 Å². The summed E-state index contributed by atoms with van der Waals surface area (Å²) in [6, 6.07) is 4.35. The lowest BCUT2D eigenvalue weighted by molar-refractivity contribution is 0.0904. The Labute approximate surface area is 125 Å². The molecule has 0 spiro atoms. The molecule has 6 nitrogen and oxygen atoms in total. The number of sulfonamides is 1. The first-order chi connectivity index (χ1) is 9.81. The maximum absolute atomic E-state index is 12.2. The zero-order valence-electron chi connectivity index (χ0n) is 12.8. The predicted octanol–water partition coefficient (Wildman–Crippen LogP) is 1.06. The van der Waals surface area contributed by atoms with Crippen LogP contribution < -0.4 is 10.0 Å². The quantitative estimate of drug-likeness (QED) is 0.788. The van der Waals surface area contributed by atoms with E-state index < -0.39 is 10.0 Å². The lowest BCUT2D eigenvalue weighted by Crippen LogP contribution is -2.36. The summed E-state index contributed by atoms with van der Waals surface area (Å²) in [5, 5.41) is 2.77. The van der Waals surface area contributed by atoms with Crippen LogP contribution in [-0.4, -0.2) is 40.6 Å². The van der Waals surface area contributed by atoms with Crippen LogP contribution in [0.1, 0.15) is 29.8 Å². The molecule has 21 heavy (non-hydrogen) atoms. The van der Waals surface area contributed by atoms with Crippen LogP contribution in [-0.2, 0) is 14.8 Å². The molecule has 0 heterocycles. The number of carbonyl (C=O) groups is 1. The van der Waals surface area contributed by atoms with Gasteiger partial charge in [0.2, 0.25) is 10.0 Å². The molecule has 0 aliphatic heterocycles. The number of rotatable bonds is 7. The van der Waals surface area contributed by atoms with Gasteiger partial charge in [-0.2, -0.15) is 0 Å². The SMILES string of the molecule is CCNS(=O)(=O)c1ccc(C)c(C(=O)NC(C)COC)c1. The Balaban J connectivity index is 3.05. The highest BCUT2D eigenvalue weighted by Gasteiger charge is 2.18. The van der Waals surface area contributed by atoms with E-state index in [1.54, 1.807) is 27.0 Å². The first kappa shape index (κ1) is 17.6. The monoisotopic (exact) mass is 314 g/mol. The molecule has 0 saturated heterocycles. The van der Waals surface area contributed by atoms with Gasteiger partial charge >= 0.3 is 0 Å². The van der Waals surface area contributed by atoms with Crippen LogP contribution in [0.15, 0.2) is 23.1 Å². The number of hydrogen-bond donors (Lipinski definition) is 2. The van der Waals surface area contributed by atoms with Crippen molar-refractivity contribution in [3.63, 3.8) is 0 Å². The highest BCUT2D eigenvalue weighted by Crippen LogP contribution is 2.15. The summed E-state index contributed by atoms with van der Waals surface area (Å²) < 4.78 is 31.3. The van der Waals surface area contributed by atoms with E-state index in [0.717, 1.165) is 0 Å². The summed E-state index contributed by atoms with van der Waals surface area (Å²) in [5.74, 6) is -0.314.